The maximum Gasteiger partial charge on any atom is 0.231 e. The Kier molecular flexibility index (Phi) is 3.16. The van der Waals surface area contributed by atoms with Gasteiger partial charge in [-0.2, -0.15) is 0 Å². The van der Waals surface area contributed by atoms with Crippen molar-refractivity contribution in [3.63, 3.8) is 0 Å². The molecule has 4 nitrogen and oxygen atoms in total. The first kappa shape index (κ1) is 12.8. The molecule has 0 saturated carbocycles. The lowest BCUT2D eigenvalue weighted by Crippen LogP contribution is -2.20. The van der Waals surface area contributed by atoms with Gasteiger partial charge in [-0.3, -0.25) is 4.79 Å². The van der Waals surface area contributed by atoms with Crippen LogP contribution in [-0.4, -0.2) is 17.9 Å². The van der Waals surface area contributed by atoms with Crippen LogP contribution in [0.15, 0.2) is 22.8 Å². The van der Waals surface area contributed by atoms with Gasteiger partial charge in [0.1, 0.15) is 9.61 Å². The summed E-state index contributed by atoms with van der Waals surface area (Å²) in [4.78, 5) is 18.8. The third kappa shape index (κ3) is 2.09. The van der Waals surface area contributed by atoms with E-state index in [1.54, 1.807) is 16.2 Å². The van der Waals surface area contributed by atoms with Gasteiger partial charge >= 0.3 is 0 Å². The van der Waals surface area contributed by atoms with Crippen molar-refractivity contribution in [1.82, 2.24) is 4.98 Å². The summed E-state index contributed by atoms with van der Waals surface area (Å²) in [6.07, 6.45) is 0.472. The SMILES string of the molecule is CN1C(=O)Cc2cc(-c3sc(CN)nc3Br)ccc21. The lowest BCUT2D eigenvalue weighted by Gasteiger charge is -2.10. The number of halogens is 1. The van der Waals surface area contributed by atoms with Crippen LogP contribution in [0.5, 0.6) is 0 Å². The van der Waals surface area contributed by atoms with Crippen molar-refractivity contribution >= 4 is 38.9 Å². The van der Waals surface area contributed by atoms with E-state index in [-0.39, 0.29) is 5.91 Å². The van der Waals surface area contributed by atoms with E-state index in [4.69, 9.17) is 5.73 Å². The fourth-order valence-corrected chi connectivity index (χ4v) is 3.85. The second-order valence-electron chi connectivity index (χ2n) is 4.40. The monoisotopic (exact) mass is 337 g/mol. The number of benzene rings is 1. The standard InChI is InChI=1S/C13H12BrN3OS/c1-17-9-3-2-7(4-8(9)5-11(17)18)12-13(14)16-10(6-15)19-12/h2-4H,5-6,15H2,1H3. The number of nitrogens with two attached hydrogens (primary N) is 1. The quantitative estimate of drug-likeness (QED) is 0.916. The van der Waals surface area contributed by atoms with Gasteiger partial charge in [0.15, 0.2) is 0 Å². The molecule has 3 rings (SSSR count). The van der Waals surface area contributed by atoms with E-state index in [2.05, 4.69) is 27.0 Å². The van der Waals surface area contributed by atoms with Crippen LogP contribution in [0.25, 0.3) is 10.4 Å². The molecule has 1 aromatic carbocycles. The van der Waals surface area contributed by atoms with Gasteiger partial charge in [0.2, 0.25) is 5.91 Å². The Morgan fingerprint density at radius 2 is 2.32 bits per heavy atom. The Bertz CT molecular complexity index is 668. The van der Waals surface area contributed by atoms with Gasteiger partial charge < -0.3 is 10.6 Å². The maximum absolute atomic E-state index is 11.7. The summed E-state index contributed by atoms with van der Waals surface area (Å²) in [5, 5.41) is 0.899. The molecule has 6 heteroatoms. The van der Waals surface area contributed by atoms with Crippen molar-refractivity contribution in [2.75, 3.05) is 11.9 Å². The minimum Gasteiger partial charge on any atom is -0.325 e. The first-order valence-electron chi connectivity index (χ1n) is 5.85. The molecular weight excluding hydrogens is 326 g/mol. The number of fused-ring (bicyclic) bond motifs is 1. The smallest absolute Gasteiger partial charge is 0.231 e. The molecule has 0 bridgehead atoms. The number of hydrogen-bond acceptors (Lipinski definition) is 4. The van der Waals surface area contributed by atoms with Crippen molar-refractivity contribution < 1.29 is 4.79 Å². The van der Waals surface area contributed by atoms with Crippen LogP contribution in [0.2, 0.25) is 0 Å². The molecule has 2 aromatic rings. The van der Waals surface area contributed by atoms with Crippen LogP contribution in [-0.2, 0) is 17.8 Å². The van der Waals surface area contributed by atoms with E-state index in [1.165, 1.54) is 0 Å². The molecule has 2 heterocycles. The lowest BCUT2D eigenvalue weighted by molar-refractivity contribution is -0.117. The number of rotatable bonds is 2. The number of anilines is 1. The van der Waals surface area contributed by atoms with Gasteiger partial charge in [0, 0.05) is 19.3 Å². The highest BCUT2D eigenvalue weighted by atomic mass is 79.9. The summed E-state index contributed by atoms with van der Waals surface area (Å²) >= 11 is 5.04. The number of aromatic nitrogens is 1. The Balaban J connectivity index is 2.06. The van der Waals surface area contributed by atoms with Gasteiger partial charge in [-0.05, 0) is 39.2 Å². The lowest BCUT2D eigenvalue weighted by atomic mass is 10.1. The van der Waals surface area contributed by atoms with Crippen molar-refractivity contribution in [2.45, 2.75) is 13.0 Å². The minimum atomic E-state index is 0.137. The summed E-state index contributed by atoms with van der Waals surface area (Å²) in [6, 6.07) is 6.08. The molecule has 0 atom stereocenters. The van der Waals surface area contributed by atoms with E-state index in [9.17, 15) is 4.79 Å². The highest BCUT2D eigenvalue weighted by Crippen LogP contribution is 2.37. The first-order valence-corrected chi connectivity index (χ1v) is 7.46. The summed E-state index contributed by atoms with van der Waals surface area (Å²) in [6.45, 7) is 0.440. The summed E-state index contributed by atoms with van der Waals surface area (Å²) < 4.78 is 0.815. The molecule has 0 unspecified atom stereocenters. The maximum atomic E-state index is 11.7. The van der Waals surface area contributed by atoms with Gasteiger partial charge in [0.25, 0.3) is 0 Å². The number of amides is 1. The molecule has 1 aliphatic rings. The predicted octanol–water partition coefficient (Wildman–Crippen LogP) is 2.55. The van der Waals surface area contributed by atoms with Crippen molar-refractivity contribution in [3.05, 3.63) is 33.4 Å². The Morgan fingerprint density at radius 3 is 3.00 bits per heavy atom. The van der Waals surface area contributed by atoms with Crippen LogP contribution < -0.4 is 10.6 Å². The Hall–Kier alpha value is -1.24. The van der Waals surface area contributed by atoms with E-state index >= 15 is 0 Å². The third-order valence-electron chi connectivity index (χ3n) is 3.22. The molecule has 2 N–H and O–H groups in total. The number of likely N-dealkylation sites (N-methyl/N-ethyl adjacent to an activating group) is 1. The molecule has 0 radical (unpaired) electrons. The van der Waals surface area contributed by atoms with E-state index in [0.717, 1.165) is 31.3 Å². The number of hydrogen-bond donors (Lipinski definition) is 1. The fourth-order valence-electron chi connectivity index (χ4n) is 2.22. The van der Waals surface area contributed by atoms with Crippen LogP contribution in [0.3, 0.4) is 0 Å². The van der Waals surface area contributed by atoms with Crippen LogP contribution in [0.4, 0.5) is 5.69 Å². The molecule has 98 valence electrons. The van der Waals surface area contributed by atoms with Gasteiger partial charge in [-0.15, -0.1) is 11.3 Å². The minimum absolute atomic E-state index is 0.137. The van der Waals surface area contributed by atoms with Gasteiger partial charge in [-0.1, -0.05) is 6.07 Å². The summed E-state index contributed by atoms with van der Waals surface area (Å²) in [5.74, 6) is 0.137. The largest absolute Gasteiger partial charge is 0.325 e. The summed E-state index contributed by atoms with van der Waals surface area (Å²) in [5.41, 5.74) is 8.75. The second-order valence-corrected chi connectivity index (χ2v) is 6.24. The fraction of sp³-hybridized carbons (Fsp3) is 0.231. The number of nitrogens with zero attached hydrogens (tertiary/aromatic N) is 2. The zero-order chi connectivity index (χ0) is 13.6. The van der Waals surface area contributed by atoms with Crippen LogP contribution >= 0.6 is 27.3 Å². The first-order chi connectivity index (χ1) is 9.10. The van der Waals surface area contributed by atoms with Gasteiger partial charge in [0.05, 0.1) is 11.3 Å². The highest BCUT2D eigenvalue weighted by molar-refractivity contribution is 9.10. The van der Waals surface area contributed by atoms with Crippen molar-refractivity contribution in [1.29, 1.82) is 0 Å². The topological polar surface area (TPSA) is 59.2 Å². The van der Waals surface area contributed by atoms with Crippen molar-refractivity contribution in [2.24, 2.45) is 5.73 Å². The normalized spacial score (nSPS) is 14.1. The third-order valence-corrected chi connectivity index (χ3v) is 5.19. The van der Waals surface area contributed by atoms with Crippen molar-refractivity contribution in [3.8, 4) is 10.4 Å². The van der Waals surface area contributed by atoms with E-state index < -0.39 is 0 Å². The molecule has 0 aliphatic carbocycles. The molecule has 0 fully saturated rings. The molecule has 0 spiro atoms. The number of carbonyl (C=O) groups excluding carboxylic acids is 1. The Morgan fingerprint density at radius 1 is 1.53 bits per heavy atom. The molecule has 1 amide bonds. The van der Waals surface area contributed by atoms with Crippen LogP contribution in [0, 0.1) is 0 Å². The molecule has 0 saturated heterocycles. The average Bonchev–Trinajstić information content (AvgIpc) is 2.91. The number of thiazole rings is 1. The molecule has 1 aliphatic heterocycles. The predicted molar refractivity (Wildman–Crippen MR) is 80.3 cm³/mol. The average molecular weight is 338 g/mol. The Labute approximate surface area is 123 Å². The number of carbonyl (C=O) groups is 1. The molecular formula is C13H12BrN3OS. The second kappa shape index (κ2) is 4.70. The zero-order valence-corrected chi connectivity index (χ0v) is 12.7. The van der Waals surface area contributed by atoms with E-state index in [0.29, 0.717) is 13.0 Å². The molecule has 19 heavy (non-hydrogen) atoms. The highest BCUT2D eigenvalue weighted by Gasteiger charge is 2.24. The zero-order valence-electron chi connectivity index (χ0n) is 10.3. The van der Waals surface area contributed by atoms with E-state index in [1.807, 2.05) is 19.2 Å². The van der Waals surface area contributed by atoms with Crippen LogP contribution in [0.1, 0.15) is 10.6 Å². The van der Waals surface area contributed by atoms with Gasteiger partial charge in [-0.25, -0.2) is 4.98 Å². The summed E-state index contributed by atoms with van der Waals surface area (Å²) in [7, 11) is 1.81. The molecule has 1 aromatic heterocycles.